The van der Waals surface area contributed by atoms with Crippen molar-refractivity contribution in [2.24, 2.45) is 0 Å². The van der Waals surface area contributed by atoms with E-state index >= 15 is 0 Å². The number of carboxylic acids is 1. The quantitative estimate of drug-likeness (QED) is 0.0517. The molecule has 0 radical (unpaired) electrons. The SMILES string of the molecule is CCCCCCCCCC(CCCCCCCC=O)OCC(CCC(=O)O)OC(CCCCCCCC=O)CCCCCCCCC. The highest BCUT2D eigenvalue weighted by atomic mass is 16.5. The van der Waals surface area contributed by atoms with Gasteiger partial charge in [-0.15, -0.1) is 0 Å². The highest BCUT2D eigenvalue weighted by Gasteiger charge is 2.20. The van der Waals surface area contributed by atoms with E-state index in [1.54, 1.807) is 0 Å². The molecule has 0 saturated heterocycles. The largest absolute Gasteiger partial charge is 0.481 e. The molecule has 0 aromatic carbocycles. The van der Waals surface area contributed by atoms with Crippen LogP contribution in [0.2, 0.25) is 0 Å². The first kappa shape index (κ1) is 45.7. The zero-order valence-corrected chi connectivity index (χ0v) is 31.2. The van der Waals surface area contributed by atoms with E-state index in [9.17, 15) is 19.5 Å². The summed E-state index contributed by atoms with van der Waals surface area (Å²) in [5, 5.41) is 9.50. The molecule has 0 bridgehead atoms. The van der Waals surface area contributed by atoms with Crippen molar-refractivity contribution < 1.29 is 29.0 Å². The lowest BCUT2D eigenvalue weighted by atomic mass is 10.0. The number of carbonyl (C=O) groups is 3. The van der Waals surface area contributed by atoms with Crippen molar-refractivity contribution in [1.82, 2.24) is 0 Å². The molecule has 0 aromatic rings. The van der Waals surface area contributed by atoms with Gasteiger partial charge in [-0.2, -0.15) is 0 Å². The Morgan fingerprint density at radius 2 is 0.851 bits per heavy atom. The fraction of sp³-hybridized carbons (Fsp3) is 0.927. The van der Waals surface area contributed by atoms with Gasteiger partial charge in [-0.1, -0.05) is 155 Å². The third-order valence-electron chi connectivity index (χ3n) is 9.54. The van der Waals surface area contributed by atoms with Crippen molar-refractivity contribution in [2.75, 3.05) is 6.61 Å². The molecule has 6 heteroatoms. The van der Waals surface area contributed by atoms with Crippen LogP contribution in [0.4, 0.5) is 0 Å². The van der Waals surface area contributed by atoms with E-state index in [-0.39, 0.29) is 24.7 Å². The molecule has 0 rings (SSSR count). The lowest BCUT2D eigenvalue weighted by Gasteiger charge is -2.27. The summed E-state index contributed by atoms with van der Waals surface area (Å²) in [6.45, 7) is 4.99. The second kappa shape index (κ2) is 37.5. The first-order chi connectivity index (χ1) is 23.1. The summed E-state index contributed by atoms with van der Waals surface area (Å²) in [5.41, 5.74) is 0. The number of hydrogen-bond acceptors (Lipinski definition) is 5. The van der Waals surface area contributed by atoms with Crippen LogP contribution in [0.5, 0.6) is 0 Å². The van der Waals surface area contributed by atoms with Crippen LogP contribution in [0.25, 0.3) is 0 Å². The van der Waals surface area contributed by atoms with E-state index < -0.39 is 5.97 Å². The van der Waals surface area contributed by atoms with Gasteiger partial charge in [0.2, 0.25) is 0 Å². The summed E-state index contributed by atoms with van der Waals surface area (Å²) in [4.78, 5) is 32.8. The summed E-state index contributed by atoms with van der Waals surface area (Å²) in [5.74, 6) is -0.772. The van der Waals surface area contributed by atoms with E-state index in [0.717, 1.165) is 96.0 Å². The zero-order valence-electron chi connectivity index (χ0n) is 31.2. The number of ether oxygens (including phenoxy) is 2. The third kappa shape index (κ3) is 34.4. The summed E-state index contributed by atoms with van der Waals surface area (Å²) < 4.78 is 13.3. The molecule has 0 aliphatic rings. The third-order valence-corrected chi connectivity index (χ3v) is 9.54. The normalized spacial score (nSPS) is 13.4. The molecular formula is C41H78O6. The molecule has 0 aliphatic heterocycles. The van der Waals surface area contributed by atoms with Gasteiger partial charge in [0, 0.05) is 19.3 Å². The molecule has 0 fully saturated rings. The van der Waals surface area contributed by atoms with Gasteiger partial charge in [0.05, 0.1) is 24.9 Å². The van der Waals surface area contributed by atoms with Gasteiger partial charge in [-0.05, 0) is 44.9 Å². The predicted molar refractivity (Wildman–Crippen MR) is 197 cm³/mol. The van der Waals surface area contributed by atoms with Crippen LogP contribution >= 0.6 is 0 Å². The minimum absolute atomic E-state index is 0.109. The molecule has 3 atom stereocenters. The van der Waals surface area contributed by atoms with Crippen LogP contribution in [-0.4, -0.2) is 48.6 Å². The minimum Gasteiger partial charge on any atom is -0.481 e. The lowest BCUT2D eigenvalue weighted by molar-refractivity contribution is -0.139. The van der Waals surface area contributed by atoms with Crippen LogP contribution in [0.1, 0.15) is 219 Å². The van der Waals surface area contributed by atoms with E-state index in [1.165, 1.54) is 96.3 Å². The maximum atomic E-state index is 11.6. The highest BCUT2D eigenvalue weighted by molar-refractivity contribution is 5.66. The summed E-state index contributed by atoms with van der Waals surface area (Å²) in [6, 6.07) is 0. The Morgan fingerprint density at radius 1 is 0.489 bits per heavy atom. The molecule has 0 saturated carbocycles. The number of carboxylic acid groups (broad SMARTS) is 1. The number of rotatable bonds is 40. The first-order valence-electron chi connectivity index (χ1n) is 20.4. The standard InChI is InChI=1S/C41H78O6/c1-3-5-7-9-11-17-23-29-38(30-24-18-13-15-21-27-35-42)46-37-40(33-34-41(44)45)47-39(31-25-19-12-10-8-6-4-2)32-26-20-14-16-22-28-36-43/h35-36,38-40H,3-34,37H2,1-2H3,(H,44,45). The topological polar surface area (TPSA) is 89.9 Å². The Kier molecular flexibility index (Phi) is 36.5. The fourth-order valence-corrected chi connectivity index (χ4v) is 6.50. The van der Waals surface area contributed by atoms with Gasteiger partial charge in [0.15, 0.2) is 0 Å². The van der Waals surface area contributed by atoms with Crippen molar-refractivity contribution >= 4 is 18.5 Å². The Bertz CT molecular complexity index is 668. The first-order valence-corrected chi connectivity index (χ1v) is 20.4. The van der Waals surface area contributed by atoms with E-state index in [0.29, 0.717) is 25.9 Å². The molecule has 3 unspecified atom stereocenters. The smallest absolute Gasteiger partial charge is 0.303 e. The molecule has 0 aliphatic carbocycles. The van der Waals surface area contributed by atoms with Crippen molar-refractivity contribution in [3.05, 3.63) is 0 Å². The maximum Gasteiger partial charge on any atom is 0.303 e. The predicted octanol–water partition coefficient (Wildman–Crippen LogP) is 12.1. The van der Waals surface area contributed by atoms with Crippen LogP contribution < -0.4 is 0 Å². The molecule has 6 nitrogen and oxygen atoms in total. The number of aldehydes is 2. The maximum absolute atomic E-state index is 11.6. The van der Waals surface area contributed by atoms with Crippen LogP contribution in [-0.2, 0) is 23.9 Å². The van der Waals surface area contributed by atoms with Crippen molar-refractivity contribution in [3.63, 3.8) is 0 Å². The van der Waals surface area contributed by atoms with Gasteiger partial charge in [-0.3, -0.25) is 4.79 Å². The Hall–Kier alpha value is -1.27. The zero-order chi connectivity index (χ0) is 34.5. The Labute approximate surface area is 291 Å². The van der Waals surface area contributed by atoms with Gasteiger partial charge < -0.3 is 24.2 Å². The van der Waals surface area contributed by atoms with Gasteiger partial charge >= 0.3 is 5.97 Å². The van der Waals surface area contributed by atoms with Crippen molar-refractivity contribution in [3.8, 4) is 0 Å². The molecule has 0 amide bonds. The van der Waals surface area contributed by atoms with Crippen molar-refractivity contribution in [2.45, 2.75) is 238 Å². The second-order valence-corrected chi connectivity index (χ2v) is 14.1. The molecule has 0 spiro atoms. The lowest BCUT2D eigenvalue weighted by Crippen LogP contribution is -2.30. The second-order valence-electron chi connectivity index (χ2n) is 14.1. The highest BCUT2D eigenvalue weighted by Crippen LogP contribution is 2.22. The molecule has 278 valence electrons. The van der Waals surface area contributed by atoms with Crippen LogP contribution in [0.15, 0.2) is 0 Å². The average molecular weight is 667 g/mol. The fourth-order valence-electron chi connectivity index (χ4n) is 6.50. The van der Waals surface area contributed by atoms with E-state index in [2.05, 4.69) is 13.8 Å². The summed E-state index contributed by atoms with van der Waals surface area (Å²) in [7, 11) is 0. The number of hydrogen-bond donors (Lipinski definition) is 1. The molecule has 0 heterocycles. The van der Waals surface area contributed by atoms with Crippen LogP contribution in [0, 0.1) is 0 Å². The number of aliphatic carboxylic acids is 1. The van der Waals surface area contributed by atoms with Gasteiger partial charge in [0.1, 0.15) is 12.6 Å². The van der Waals surface area contributed by atoms with Gasteiger partial charge in [-0.25, -0.2) is 0 Å². The summed E-state index contributed by atoms with van der Waals surface area (Å²) >= 11 is 0. The summed E-state index contributed by atoms with van der Waals surface area (Å²) in [6.07, 6.45) is 37.3. The molecule has 47 heavy (non-hydrogen) atoms. The Balaban J connectivity index is 5.12. The molecule has 1 N–H and O–H groups in total. The Morgan fingerprint density at radius 3 is 1.23 bits per heavy atom. The van der Waals surface area contributed by atoms with E-state index in [4.69, 9.17) is 9.47 Å². The van der Waals surface area contributed by atoms with Gasteiger partial charge in [0.25, 0.3) is 0 Å². The average Bonchev–Trinajstić information content (AvgIpc) is 3.06. The van der Waals surface area contributed by atoms with Crippen molar-refractivity contribution in [1.29, 1.82) is 0 Å². The number of carbonyl (C=O) groups excluding carboxylic acids is 2. The molecular weight excluding hydrogens is 588 g/mol. The minimum atomic E-state index is -0.772. The number of unbranched alkanes of at least 4 members (excludes halogenated alkanes) is 22. The monoisotopic (exact) mass is 667 g/mol. The van der Waals surface area contributed by atoms with E-state index in [1.807, 2.05) is 0 Å². The van der Waals surface area contributed by atoms with Crippen LogP contribution in [0.3, 0.4) is 0 Å². The molecule has 0 aromatic heterocycles.